The van der Waals surface area contributed by atoms with E-state index < -0.39 is 17.7 Å². The summed E-state index contributed by atoms with van der Waals surface area (Å²) in [5.74, 6) is -2.10. The number of halogens is 3. The van der Waals surface area contributed by atoms with E-state index in [-0.39, 0.29) is 6.42 Å². The SMILES string of the molecule is O=C(O)C(Cc1cccc(Br)c1)Cc1ccc(Cl)cc1F. The Kier molecular flexibility index (Phi) is 5.37. The Labute approximate surface area is 135 Å². The molecule has 21 heavy (non-hydrogen) atoms. The second-order valence-corrected chi connectivity index (χ2v) is 6.16. The van der Waals surface area contributed by atoms with Crippen LogP contribution in [0.2, 0.25) is 5.02 Å². The number of hydrogen-bond donors (Lipinski definition) is 1. The molecule has 2 nitrogen and oxygen atoms in total. The maximum atomic E-state index is 13.8. The first kappa shape index (κ1) is 16.0. The van der Waals surface area contributed by atoms with Crippen molar-refractivity contribution in [2.45, 2.75) is 12.8 Å². The molecule has 2 rings (SSSR count). The lowest BCUT2D eigenvalue weighted by Crippen LogP contribution is -2.19. The summed E-state index contributed by atoms with van der Waals surface area (Å²) in [5, 5.41) is 9.65. The maximum absolute atomic E-state index is 13.8. The van der Waals surface area contributed by atoms with E-state index in [9.17, 15) is 14.3 Å². The zero-order valence-corrected chi connectivity index (χ0v) is 13.4. The van der Waals surface area contributed by atoms with Crippen LogP contribution in [0.25, 0.3) is 0 Å². The Balaban J connectivity index is 2.18. The summed E-state index contributed by atoms with van der Waals surface area (Å²) in [6, 6.07) is 11.8. The van der Waals surface area contributed by atoms with Gasteiger partial charge in [-0.15, -0.1) is 0 Å². The van der Waals surface area contributed by atoms with Gasteiger partial charge in [0.2, 0.25) is 0 Å². The highest BCUT2D eigenvalue weighted by Crippen LogP contribution is 2.21. The van der Waals surface area contributed by atoms with Crippen LogP contribution in [-0.2, 0) is 17.6 Å². The van der Waals surface area contributed by atoms with Gasteiger partial charge in [0.1, 0.15) is 5.82 Å². The molecule has 2 aromatic carbocycles. The molecule has 0 heterocycles. The fraction of sp³-hybridized carbons (Fsp3) is 0.188. The number of carboxylic acids is 1. The highest BCUT2D eigenvalue weighted by atomic mass is 79.9. The van der Waals surface area contributed by atoms with Gasteiger partial charge < -0.3 is 5.11 Å². The third-order valence-electron chi connectivity index (χ3n) is 3.20. The third kappa shape index (κ3) is 4.55. The summed E-state index contributed by atoms with van der Waals surface area (Å²) < 4.78 is 14.7. The Hall–Kier alpha value is -1.39. The van der Waals surface area contributed by atoms with Crippen molar-refractivity contribution in [3.05, 3.63) is 68.9 Å². The van der Waals surface area contributed by atoms with Gasteiger partial charge in [-0.2, -0.15) is 0 Å². The zero-order chi connectivity index (χ0) is 15.4. The first-order valence-corrected chi connectivity index (χ1v) is 7.54. The summed E-state index contributed by atoms with van der Waals surface area (Å²) in [6.45, 7) is 0. The van der Waals surface area contributed by atoms with E-state index in [0.717, 1.165) is 10.0 Å². The minimum absolute atomic E-state index is 0.130. The molecule has 0 spiro atoms. The molecule has 1 unspecified atom stereocenters. The van der Waals surface area contributed by atoms with E-state index >= 15 is 0 Å². The Bertz CT molecular complexity index is 660. The Morgan fingerprint density at radius 1 is 1.24 bits per heavy atom. The van der Waals surface area contributed by atoms with E-state index in [2.05, 4.69) is 15.9 Å². The van der Waals surface area contributed by atoms with Crippen LogP contribution in [0, 0.1) is 11.7 Å². The zero-order valence-electron chi connectivity index (χ0n) is 11.0. The van der Waals surface area contributed by atoms with Crippen LogP contribution in [-0.4, -0.2) is 11.1 Å². The van der Waals surface area contributed by atoms with Crippen molar-refractivity contribution in [3.63, 3.8) is 0 Å². The van der Waals surface area contributed by atoms with Gasteiger partial charge in [-0.25, -0.2) is 4.39 Å². The molecule has 2 aromatic rings. The fourth-order valence-electron chi connectivity index (χ4n) is 2.15. The molecule has 5 heteroatoms. The predicted molar refractivity (Wildman–Crippen MR) is 84.1 cm³/mol. The molecule has 1 atom stereocenters. The van der Waals surface area contributed by atoms with Crippen LogP contribution in [0.3, 0.4) is 0 Å². The molecule has 0 radical (unpaired) electrons. The van der Waals surface area contributed by atoms with Crippen molar-refractivity contribution >= 4 is 33.5 Å². The second-order valence-electron chi connectivity index (χ2n) is 4.81. The van der Waals surface area contributed by atoms with Crippen molar-refractivity contribution in [1.82, 2.24) is 0 Å². The molecular weight excluding hydrogens is 359 g/mol. The second kappa shape index (κ2) is 7.05. The van der Waals surface area contributed by atoms with E-state index in [1.165, 1.54) is 12.1 Å². The normalized spacial score (nSPS) is 12.1. The number of hydrogen-bond acceptors (Lipinski definition) is 1. The number of rotatable bonds is 5. The molecule has 0 aliphatic rings. The molecule has 0 saturated carbocycles. The minimum Gasteiger partial charge on any atom is -0.481 e. The van der Waals surface area contributed by atoms with Crippen LogP contribution in [0.4, 0.5) is 4.39 Å². The molecule has 0 aliphatic heterocycles. The predicted octanol–water partition coefficient (Wildman–Crippen LogP) is 4.73. The van der Waals surface area contributed by atoms with E-state index in [1.54, 1.807) is 6.07 Å². The van der Waals surface area contributed by atoms with Gasteiger partial charge in [0.25, 0.3) is 0 Å². The number of carbonyl (C=O) groups is 1. The summed E-state index contributed by atoms with van der Waals surface area (Å²) in [5.41, 5.74) is 1.26. The van der Waals surface area contributed by atoms with Crippen LogP contribution >= 0.6 is 27.5 Å². The Morgan fingerprint density at radius 3 is 2.62 bits per heavy atom. The highest BCUT2D eigenvalue weighted by Gasteiger charge is 2.20. The first-order chi connectivity index (χ1) is 9.95. The molecule has 0 amide bonds. The lowest BCUT2D eigenvalue weighted by molar-refractivity contribution is -0.141. The van der Waals surface area contributed by atoms with Crippen molar-refractivity contribution in [3.8, 4) is 0 Å². The average Bonchev–Trinajstić information content (AvgIpc) is 2.40. The topological polar surface area (TPSA) is 37.3 Å². The van der Waals surface area contributed by atoms with E-state index in [4.69, 9.17) is 11.6 Å². The van der Waals surface area contributed by atoms with E-state index in [0.29, 0.717) is 17.0 Å². The number of benzene rings is 2. The lowest BCUT2D eigenvalue weighted by atomic mass is 9.92. The van der Waals surface area contributed by atoms with Crippen molar-refractivity contribution in [2.24, 2.45) is 5.92 Å². The number of carboxylic acid groups (broad SMARTS) is 1. The maximum Gasteiger partial charge on any atom is 0.307 e. The van der Waals surface area contributed by atoms with Gasteiger partial charge in [-0.3, -0.25) is 4.79 Å². The lowest BCUT2D eigenvalue weighted by Gasteiger charge is -2.13. The minimum atomic E-state index is -0.940. The molecule has 1 N–H and O–H groups in total. The first-order valence-electron chi connectivity index (χ1n) is 6.37. The molecule has 0 saturated heterocycles. The van der Waals surface area contributed by atoms with Gasteiger partial charge in [0.15, 0.2) is 0 Å². The summed E-state index contributed by atoms with van der Waals surface area (Å²) in [4.78, 5) is 11.4. The van der Waals surface area contributed by atoms with Crippen molar-refractivity contribution in [2.75, 3.05) is 0 Å². The van der Waals surface area contributed by atoms with Crippen LogP contribution in [0.1, 0.15) is 11.1 Å². The molecule has 0 bridgehead atoms. The quantitative estimate of drug-likeness (QED) is 0.825. The molecule has 110 valence electrons. The molecule has 0 aromatic heterocycles. The van der Waals surface area contributed by atoms with Crippen LogP contribution < -0.4 is 0 Å². The largest absolute Gasteiger partial charge is 0.481 e. The van der Waals surface area contributed by atoms with E-state index in [1.807, 2.05) is 24.3 Å². The molecule has 0 aliphatic carbocycles. The smallest absolute Gasteiger partial charge is 0.307 e. The highest BCUT2D eigenvalue weighted by molar-refractivity contribution is 9.10. The number of aliphatic carboxylic acids is 1. The fourth-order valence-corrected chi connectivity index (χ4v) is 2.75. The van der Waals surface area contributed by atoms with Gasteiger partial charge in [0, 0.05) is 9.50 Å². The van der Waals surface area contributed by atoms with Crippen LogP contribution in [0.5, 0.6) is 0 Å². The van der Waals surface area contributed by atoms with Crippen molar-refractivity contribution in [1.29, 1.82) is 0 Å². The average molecular weight is 372 g/mol. The Morgan fingerprint density at radius 2 is 2.00 bits per heavy atom. The van der Waals surface area contributed by atoms with Crippen LogP contribution in [0.15, 0.2) is 46.9 Å². The summed E-state index contributed by atoms with van der Waals surface area (Å²) >= 11 is 9.06. The molecule has 0 fully saturated rings. The van der Waals surface area contributed by atoms with Gasteiger partial charge >= 0.3 is 5.97 Å². The summed E-state index contributed by atoms with van der Waals surface area (Å²) in [7, 11) is 0. The van der Waals surface area contributed by atoms with Gasteiger partial charge in [-0.05, 0) is 48.2 Å². The van der Waals surface area contributed by atoms with Crippen molar-refractivity contribution < 1.29 is 14.3 Å². The van der Waals surface area contributed by atoms with Gasteiger partial charge in [-0.1, -0.05) is 45.7 Å². The monoisotopic (exact) mass is 370 g/mol. The standard InChI is InChI=1S/C16H13BrClFO2/c17-13-3-1-2-10(7-13)6-12(16(20)21)8-11-4-5-14(18)9-15(11)19/h1-5,7,9,12H,6,8H2,(H,20,21). The third-order valence-corrected chi connectivity index (χ3v) is 3.93. The summed E-state index contributed by atoms with van der Waals surface area (Å²) in [6.07, 6.45) is 0.474. The molecular formula is C16H13BrClFO2. The van der Waals surface area contributed by atoms with Gasteiger partial charge in [0.05, 0.1) is 5.92 Å².